The lowest BCUT2D eigenvalue weighted by atomic mass is 10.2. The highest BCUT2D eigenvalue weighted by molar-refractivity contribution is 8.00. The molecule has 0 spiro atoms. The first-order valence-corrected chi connectivity index (χ1v) is 8.71. The first-order chi connectivity index (χ1) is 11.5. The van der Waals surface area contributed by atoms with Crippen molar-refractivity contribution in [1.82, 2.24) is 5.32 Å². The molecule has 2 amide bonds. The first kappa shape index (κ1) is 18.3. The number of rotatable bonds is 7. The minimum absolute atomic E-state index is 0.0721. The van der Waals surface area contributed by atoms with Gasteiger partial charge in [-0.3, -0.25) is 9.59 Å². The number of halogens is 2. The Kier molecular flexibility index (Phi) is 7.08. The van der Waals surface area contributed by atoms with Crippen LogP contribution in [0.1, 0.15) is 5.56 Å². The Bertz CT molecular complexity index is 710. The predicted molar refractivity (Wildman–Crippen MR) is 95.7 cm³/mol. The fourth-order valence-corrected chi connectivity index (χ4v) is 2.61. The van der Waals surface area contributed by atoms with Gasteiger partial charge >= 0.3 is 0 Å². The highest BCUT2D eigenvalue weighted by Crippen LogP contribution is 2.13. The quantitative estimate of drug-likeness (QED) is 0.788. The molecular weight excluding hydrogens is 351 g/mol. The average molecular weight is 367 g/mol. The number of amides is 2. The van der Waals surface area contributed by atoms with Crippen molar-refractivity contribution in [3.8, 4) is 0 Å². The second kappa shape index (κ2) is 9.30. The SMILES string of the molecule is O=C(CSCC(=O)Nc1ccccc1F)NCc1ccc(Cl)cc1. The van der Waals surface area contributed by atoms with Crippen LogP contribution in [0.5, 0.6) is 0 Å². The summed E-state index contributed by atoms with van der Waals surface area (Å²) in [6.07, 6.45) is 0. The van der Waals surface area contributed by atoms with E-state index in [-0.39, 0.29) is 29.0 Å². The Labute approximate surface area is 148 Å². The number of carbonyl (C=O) groups excluding carboxylic acids is 2. The third-order valence-corrected chi connectivity index (χ3v) is 4.20. The van der Waals surface area contributed by atoms with Gasteiger partial charge in [-0.1, -0.05) is 35.9 Å². The first-order valence-electron chi connectivity index (χ1n) is 7.18. The lowest BCUT2D eigenvalue weighted by Crippen LogP contribution is -2.25. The molecule has 2 N–H and O–H groups in total. The summed E-state index contributed by atoms with van der Waals surface area (Å²) in [4.78, 5) is 23.4. The minimum Gasteiger partial charge on any atom is -0.351 e. The molecule has 0 unspecified atom stereocenters. The maximum Gasteiger partial charge on any atom is 0.234 e. The summed E-state index contributed by atoms with van der Waals surface area (Å²) in [5.41, 5.74) is 1.07. The predicted octanol–water partition coefficient (Wildman–Crippen LogP) is 3.47. The van der Waals surface area contributed by atoms with Gasteiger partial charge in [-0.2, -0.15) is 0 Å². The molecular formula is C17H16ClFN2O2S. The number of anilines is 1. The van der Waals surface area contributed by atoms with E-state index in [2.05, 4.69) is 10.6 Å². The number of carbonyl (C=O) groups is 2. The Morgan fingerprint density at radius 1 is 1.00 bits per heavy atom. The maximum absolute atomic E-state index is 13.4. The number of para-hydroxylation sites is 1. The fraction of sp³-hybridized carbons (Fsp3) is 0.176. The Morgan fingerprint density at radius 2 is 1.67 bits per heavy atom. The van der Waals surface area contributed by atoms with Crippen molar-refractivity contribution in [2.45, 2.75) is 6.54 Å². The summed E-state index contributed by atoms with van der Waals surface area (Å²) in [6, 6.07) is 13.1. The summed E-state index contributed by atoms with van der Waals surface area (Å²) in [7, 11) is 0. The molecule has 0 saturated carbocycles. The third-order valence-electron chi connectivity index (χ3n) is 3.02. The maximum atomic E-state index is 13.4. The van der Waals surface area contributed by atoms with Gasteiger partial charge in [0.15, 0.2) is 0 Å². The van der Waals surface area contributed by atoms with Crippen LogP contribution in [0, 0.1) is 5.82 Å². The molecule has 7 heteroatoms. The molecule has 2 rings (SSSR count). The van der Waals surface area contributed by atoms with E-state index < -0.39 is 5.82 Å². The largest absolute Gasteiger partial charge is 0.351 e. The number of benzene rings is 2. The topological polar surface area (TPSA) is 58.2 Å². The number of thioether (sulfide) groups is 1. The van der Waals surface area contributed by atoms with Crippen molar-refractivity contribution in [2.75, 3.05) is 16.8 Å². The lowest BCUT2D eigenvalue weighted by molar-refractivity contribution is -0.118. The van der Waals surface area contributed by atoms with Crippen molar-refractivity contribution < 1.29 is 14.0 Å². The van der Waals surface area contributed by atoms with Crippen molar-refractivity contribution >= 4 is 40.9 Å². The molecule has 0 bridgehead atoms. The number of hydrogen-bond donors (Lipinski definition) is 2. The van der Waals surface area contributed by atoms with Crippen LogP contribution in [0.4, 0.5) is 10.1 Å². The second-order valence-electron chi connectivity index (χ2n) is 4.92. The second-order valence-corrected chi connectivity index (χ2v) is 6.35. The van der Waals surface area contributed by atoms with Gasteiger partial charge < -0.3 is 10.6 Å². The van der Waals surface area contributed by atoms with Crippen LogP contribution < -0.4 is 10.6 Å². The van der Waals surface area contributed by atoms with E-state index in [0.717, 1.165) is 17.3 Å². The third kappa shape index (κ3) is 6.22. The molecule has 0 aliphatic rings. The Balaban J connectivity index is 1.66. The fourth-order valence-electron chi connectivity index (χ4n) is 1.84. The molecule has 0 fully saturated rings. The van der Waals surface area contributed by atoms with Crippen LogP contribution in [0.15, 0.2) is 48.5 Å². The molecule has 0 saturated heterocycles. The molecule has 24 heavy (non-hydrogen) atoms. The van der Waals surface area contributed by atoms with E-state index in [4.69, 9.17) is 11.6 Å². The van der Waals surface area contributed by atoms with Crippen LogP contribution in [0.2, 0.25) is 5.02 Å². The van der Waals surface area contributed by atoms with E-state index in [1.54, 1.807) is 24.3 Å². The zero-order valence-electron chi connectivity index (χ0n) is 12.7. The number of nitrogens with one attached hydrogen (secondary N) is 2. The van der Waals surface area contributed by atoms with Crippen LogP contribution >= 0.6 is 23.4 Å². The van der Waals surface area contributed by atoms with E-state index in [1.807, 2.05) is 12.1 Å². The average Bonchev–Trinajstić information content (AvgIpc) is 2.56. The monoisotopic (exact) mass is 366 g/mol. The van der Waals surface area contributed by atoms with Gasteiger partial charge in [0.05, 0.1) is 17.2 Å². The van der Waals surface area contributed by atoms with Crippen LogP contribution in [-0.4, -0.2) is 23.3 Å². The van der Waals surface area contributed by atoms with Crippen LogP contribution in [0.3, 0.4) is 0 Å². The lowest BCUT2D eigenvalue weighted by Gasteiger charge is -2.07. The molecule has 4 nitrogen and oxygen atoms in total. The summed E-state index contributed by atoms with van der Waals surface area (Å²) in [6.45, 7) is 0.401. The summed E-state index contributed by atoms with van der Waals surface area (Å²) >= 11 is 6.95. The van der Waals surface area contributed by atoms with Gasteiger partial charge in [0.1, 0.15) is 5.82 Å². The number of hydrogen-bond acceptors (Lipinski definition) is 3. The normalized spacial score (nSPS) is 10.2. The minimum atomic E-state index is -0.489. The Hall–Kier alpha value is -2.05. The molecule has 126 valence electrons. The van der Waals surface area contributed by atoms with Crippen LogP contribution in [-0.2, 0) is 16.1 Å². The van der Waals surface area contributed by atoms with Gasteiger partial charge in [0, 0.05) is 11.6 Å². The molecule has 0 radical (unpaired) electrons. The van der Waals surface area contributed by atoms with Crippen molar-refractivity contribution in [1.29, 1.82) is 0 Å². The zero-order chi connectivity index (χ0) is 17.4. The molecule has 0 aliphatic carbocycles. The molecule has 2 aromatic carbocycles. The smallest absolute Gasteiger partial charge is 0.234 e. The van der Waals surface area contributed by atoms with Gasteiger partial charge in [-0.05, 0) is 29.8 Å². The van der Waals surface area contributed by atoms with Crippen molar-refractivity contribution in [2.24, 2.45) is 0 Å². The highest BCUT2D eigenvalue weighted by Gasteiger charge is 2.08. The Morgan fingerprint density at radius 3 is 2.38 bits per heavy atom. The van der Waals surface area contributed by atoms with Crippen LogP contribution in [0.25, 0.3) is 0 Å². The van der Waals surface area contributed by atoms with E-state index >= 15 is 0 Å². The molecule has 0 atom stereocenters. The van der Waals surface area contributed by atoms with E-state index in [0.29, 0.717) is 11.6 Å². The summed E-state index contributed by atoms with van der Waals surface area (Å²) in [5, 5.41) is 5.86. The molecule has 0 heterocycles. The molecule has 0 aliphatic heterocycles. The summed E-state index contributed by atoms with van der Waals surface area (Å²) < 4.78 is 13.4. The van der Waals surface area contributed by atoms with E-state index in [1.165, 1.54) is 12.1 Å². The van der Waals surface area contributed by atoms with Gasteiger partial charge in [0.25, 0.3) is 0 Å². The van der Waals surface area contributed by atoms with Gasteiger partial charge in [0.2, 0.25) is 11.8 Å². The van der Waals surface area contributed by atoms with Gasteiger partial charge in [-0.15, -0.1) is 11.8 Å². The standard InChI is InChI=1S/C17H16ClFN2O2S/c18-13-7-5-12(6-8-13)9-20-16(22)10-24-11-17(23)21-15-4-2-1-3-14(15)19/h1-8H,9-11H2,(H,20,22)(H,21,23). The molecule has 0 aromatic heterocycles. The highest BCUT2D eigenvalue weighted by atomic mass is 35.5. The van der Waals surface area contributed by atoms with Gasteiger partial charge in [-0.25, -0.2) is 4.39 Å². The van der Waals surface area contributed by atoms with Crippen molar-refractivity contribution in [3.05, 3.63) is 64.9 Å². The van der Waals surface area contributed by atoms with Crippen molar-refractivity contribution in [3.63, 3.8) is 0 Å². The summed E-state index contributed by atoms with van der Waals surface area (Å²) in [5.74, 6) is -0.790. The zero-order valence-corrected chi connectivity index (χ0v) is 14.3. The molecule has 2 aromatic rings. The van der Waals surface area contributed by atoms with E-state index in [9.17, 15) is 14.0 Å².